The van der Waals surface area contributed by atoms with Crippen LogP contribution in [0, 0.1) is 13.8 Å². The van der Waals surface area contributed by atoms with E-state index in [4.69, 9.17) is 19.2 Å². The van der Waals surface area contributed by atoms with E-state index in [1.54, 1.807) is 6.07 Å². The molecule has 6 rings (SSSR count). The molecule has 1 unspecified atom stereocenters. The molecule has 2 aromatic carbocycles. The molecule has 0 radical (unpaired) electrons. The minimum absolute atomic E-state index is 0.000844. The molecule has 4 aromatic rings. The molecule has 0 spiro atoms. The predicted octanol–water partition coefficient (Wildman–Crippen LogP) is 5.76. The summed E-state index contributed by atoms with van der Waals surface area (Å²) in [4.78, 5) is 19.2. The van der Waals surface area contributed by atoms with Gasteiger partial charge in [-0.05, 0) is 79.1 Å². The first-order valence-corrected chi connectivity index (χ1v) is 15.0. The molecule has 9 heteroatoms. The van der Waals surface area contributed by atoms with Gasteiger partial charge in [0.15, 0.2) is 5.82 Å². The predicted molar refractivity (Wildman–Crippen MR) is 163 cm³/mol. The third kappa shape index (κ3) is 5.87. The topological polar surface area (TPSA) is 98.9 Å². The van der Waals surface area contributed by atoms with Gasteiger partial charge in [-0.2, -0.15) is 9.78 Å². The highest BCUT2D eigenvalue weighted by Crippen LogP contribution is 2.35. The molecule has 0 saturated carbocycles. The maximum Gasteiger partial charge on any atom is 0.342 e. The number of pyridine rings is 1. The number of benzene rings is 2. The number of carbonyl (C=O) groups is 1. The van der Waals surface area contributed by atoms with Gasteiger partial charge in [-0.25, -0.2) is 9.78 Å². The first-order chi connectivity index (χ1) is 20.9. The van der Waals surface area contributed by atoms with E-state index < -0.39 is 5.97 Å². The van der Waals surface area contributed by atoms with E-state index in [-0.39, 0.29) is 11.4 Å². The van der Waals surface area contributed by atoms with Crippen molar-refractivity contribution in [2.24, 2.45) is 0 Å². The number of aromatic carboxylic acids is 1. The van der Waals surface area contributed by atoms with E-state index in [0.717, 1.165) is 62.4 Å². The summed E-state index contributed by atoms with van der Waals surface area (Å²) in [5.41, 5.74) is 7.90. The van der Waals surface area contributed by atoms with Gasteiger partial charge in [0.2, 0.25) is 5.88 Å². The second-order valence-electron chi connectivity index (χ2n) is 11.3. The van der Waals surface area contributed by atoms with Crippen molar-refractivity contribution < 1.29 is 24.1 Å². The van der Waals surface area contributed by atoms with Gasteiger partial charge in [-0.3, -0.25) is 4.90 Å². The van der Waals surface area contributed by atoms with E-state index in [1.165, 1.54) is 33.1 Å². The lowest BCUT2D eigenvalue weighted by Crippen LogP contribution is -2.39. The summed E-state index contributed by atoms with van der Waals surface area (Å²) in [6, 6.07) is 16.6. The molecule has 1 N–H and O–H groups in total. The van der Waals surface area contributed by atoms with Gasteiger partial charge >= 0.3 is 5.97 Å². The zero-order valence-corrected chi connectivity index (χ0v) is 25.0. The van der Waals surface area contributed by atoms with Gasteiger partial charge in [0.25, 0.3) is 0 Å². The van der Waals surface area contributed by atoms with Gasteiger partial charge in [0, 0.05) is 31.3 Å². The Bertz CT molecular complexity index is 1630. The van der Waals surface area contributed by atoms with E-state index in [1.807, 2.05) is 44.2 Å². The van der Waals surface area contributed by atoms with Crippen LogP contribution in [0.4, 0.5) is 0 Å². The van der Waals surface area contributed by atoms with Crippen molar-refractivity contribution in [3.63, 3.8) is 0 Å². The van der Waals surface area contributed by atoms with E-state index in [2.05, 4.69) is 29.1 Å². The van der Waals surface area contributed by atoms with Crippen molar-refractivity contribution in [1.82, 2.24) is 19.7 Å². The Kier molecular flexibility index (Phi) is 8.44. The largest absolute Gasteiger partial charge is 0.488 e. The van der Waals surface area contributed by atoms with Gasteiger partial charge in [0.1, 0.15) is 17.9 Å². The standard InChI is InChI=1S/C34H38N4O5/c1-4-16-42-33-29(34(39)40)18-35-38(33)31-10-6-9-30(36-31)28-8-5-7-22(2)32(28)43-20-25-12-11-24-19-37(26-14-17-41-21-26)15-13-27(24)23(25)3/h5-12,18,26H,4,13-17,19-21H2,1-3H3,(H,39,40). The fourth-order valence-electron chi connectivity index (χ4n) is 6.06. The highest BCUT2D eigenvalue weighted by molar-refractivity contribution is 5.90. The van der Waals surface area contributed by atoms with Crippen LogP contribution in [-0.2, 0) is 24.3 Å². The van der Waals surface area contributed by atoms with Crippen LogP contribution in [-0.4, -0.2) is 63.1 Å². The second-order valence-corrected chi connectivity index (χ2v) is 11.3. The first kappa shape index (κ1) is 28.9. The number of ether oxygens (including phenoxy) is 3. The maximum absolute atomic E-state index is 11.8. The fraction of sp³-hybridized carbons (Fsp3) is 0.382. The van der Waals surface area contributed by atoms with Crippen LogP contribution in [0.2, 0.25) is 0 Å². The molecule has 43 heavy (non-hydrogen) atoms. The molecule has 0 amide bonds. The van der Waals surface area contributed by atoms with E-state index in [9.17, 15) is 9.90 Å². The van der Waals surface area contributed by atoms with Crippen molar-refractivity contribution >= 4 is 5.97 Å². The Labute approximate surface area is 252 Å². The van der Waals surface area contributed by atoms with E-state index >= 15 is 0 Å². The normalized spacial score (nSPS) is 16.7. The number of aryl methyl sites for hydroxylation is 1. The van der Waals surface area contributed by atoms with Crippen LogP contribution in [0.15, 0.2) is 54.7 Å². The Hall–Kier alpha value is -4.21. The maximum atomic E-state index is 11.8. The van der Waals surface area contributed by atoms with Crippen LogP contribution >= 0.6 is 0 Å². The number of carboxylic acid groups (broad SMARTS) is 1. The fourth-order valence-corrected chi connectivity index (χ4v) is 6.06. The van der Waals surface area contributed by atoms with Gasteiger partial charge in [0.05, 0.1) is 25.1 Å². The Morgan fingerprint density at radius 3 is 2.77 bits per heavy atom. The number of nitrogens with zero attached hydrogens (tertiary/aromatic N) is 4. The summed E-state index contributed by atoms with van der Waals surface area (Å²) in [5.74, 6) is 0.307. The van der Waals surface area contributed by atoms with Crippen molar-refractivity contribution in [2.75, 3.05) is 26.4 Å². The highest BCUT2D eigenvalue weighted by atomic mass is 16.5. The average Bonchev–Trinajstić information content (AvgIpc) is 3.71. The molecular formula is C34H38N4O5. The molecular weight excluding hydrogens is 544 g/mol. The molecule has 2 aromatic heterocycles. The van der Waals surface area contributed by atoms with Crippen molar-refractivity contribution in [3.8, 4) is 28.7 Å². The number of aromatic nitrogens is 3. The highest BCUT2D eigenvalue weighted by Gasteiger charge is 2.28. The summed E-state index contributed by atoms with van der Waals surface area (Å²) in [7, 11) is 0. The van der Waals surface area contributed by atoms with Crippen LogP contribution in [0.1, 0.15) is 57.9 Å². The Morgan fingerprint density at radius 1 is 1.12 bits per heavy atom. The summed E-state index contributed by atoms with van der Waals surface area (Å²) >= 11 is 0. The lowest BCUT2D eigenvalue weighted by atomic mass is 9.91. The molecule has 2 aliphatic rings. The van der Waals surface area contributed by atoms with Gasteiger partial charge in [-0.15, -0.1) is 0 Å². The second kappa shape index (κ2) is 12.6. The summed E-state index contributed by atoms with van der Waals surface area (Å²) in [5, 5.41) is 13.9. The van der Waals surface area contributed by atoms with Crippen molar-refractivity contribution in [1.29, 1.82) is 0 Å². The Balaban J connectivity index is 1.25. The van der Waals surface area contributed by atoms with Crippen LogP contribution in [0.25, 0.3) is 17.1 Å². The van der Waals surface area contributed by atoms with Crippen LogP contribution in [0.3, 0.4) is 0 Å². The molecule has 0 bridgehead atoms. The summed E-state index contributed by atoms with van der Waals surface area (Å²) < 4.78 is 19.4. The number of carboxylic acids is 1. The average molecular weight is 583 g/mol. The molecule has 2 aliphatic heterocycles. The summed E-state index contributed by atoms with van der Waals surface area (Å²) in [6.45, 7) is 10.8. The number of fused-ring (bicyclic) bond motifs is 1. The first-order valence-electron chi connectivity index (χ1n) is 15.0. The van der Waals surface area contributed by atoms with Crippen molar-refractivity contribution in [2.45, 2.75) is 59.2 Å². The molecule has 0 aliphatic carbocycles. The summed E-state index contributed by atoms with van der Waals surface area (Å²) in [6.07, 6.45) is 4.19. The molecule has 224 valence electrons. The number of hydrogen-bond donors (Lipinski definition) is 1. The lowest BCUT2D eigenvalue weighted by molar-refractivity contribution is 0.0692. The molecule has 4 heterocycles. The lowest BCUT2D eigenvalue weighted by Gasteiger charge is -2.34. The molecule has 1 fully saturated rings. The van der Waals surface area contributed by atoms with Gasteiger partial charge in [-0.1, -0.05) is 37.3 Å². The zero-order valence-electron chi connectivity index (χ0n) is 25.0. The number of rotatable bonds is 10. The van der Waals surface area contributed by atoms with Crippen LogP contribution in [0.5, 0.6) is 11.6 Å². The third-order valence-electron chi connectivity index (χ3n) is 8.46. The molecule has 9 nitrogen and oxygen atoms in total. The molecule has 1 atom stereocenters. The number of para-hydroxylation sites is 1. The Morgan fingerprint density at radius 2 is 1.98 bits per heavy atom. The van der Waals surface area contributed by atoms with Crippen molar-refractivity contribution in [3.05, 3.63) is 88.1 Å². The SMILES string of the molecule is CCCOc1c(C(=O)O)cnn1-c1cccc(-c2cccc(C)c2OCc2ccc3c(c2C)CCN(C2CCOC2)C3)n1. The third-order valence-corrected chi connectivity index (χ3v) is 8.46. The number of hydrogen-bond acceptors (Lipinski definition) is 7. The minimum atomic E-state index is -1.10. The molecule has 1 saturated heterocycles. The van der Waals surface area contributed by atoms with Gasteiger partial charge < -0.3 is 19.3 Å². The minimum Gasteiger partial charge on any atom is -0.488 e. The van der Waals surface area contributed by atoms with Crippen LogP contribution < -0.4 is 9.47 Å². The van der Waals surface area contributed by atoms with E-state index in [0.29, 0.717) is 30.8 Å². The smallest absolute Gasteiger partial charge is 0.342 e. The zero-order chi connectivity index (χ0) is 29.9. The monoisotopic (exact) mass is 582 g/mol. The quantitative estimate of drug-likeness (QED) is 0.252.